The second-order valence-electron chi connectivity index (χ2n) is 9.54. The summed E-state index contributed by atoms with van der Waals surface area (Å²) in [5, 5.41) is 18.2. The summed E-state index contributed by atoms with van der Waals surface area (Å²) >= 11 is 0. The van der Waals surface area contributed by atoms with Gasteiger partial charge >= 0.3 is 0 Å². The summed E-state index contributed by atoms with van der Waals surface area (Å²) in [6.45, 7) is 3.74. The number of hydrogen-bond donors (Lipinski definition) is 4. The number of benzene rings is 3. The molecule has 5 N–H and O–H groups in total. The molecule has 1 aliphatic rings. The predicted molar refractivity (Wildman–Crippen MR) is 156 cm³/mol. The number of para-hydroxylation sites is 2. The molecule has 4 rings (SSSR count). The molecule has 8 heteroatoms. The third-order valence-corrected chi connectivity index (χ3v) is 6.68. The molecular formula is C31H34N6O2. The van der Waals surface area contributed by atoms with E-state index in [0.29, 0.717) is 29.2 Å². The molecule has 200 valence electrons. The van der Waals surface area contributed by atoms with Crippen molar-refractivity contribution in [2.45, 2.75) is 25.3 Å². The second-order valence-corrected chi connectivity index (χ2v) is 9.54. The summed E-state index contributed by atoms with van der Waals surface area (Å²) < 4.78 is 0. The molecule has 1 unspecified atom stereocenters. The fourth-order valence-electron chi connectivity index (χ4n) is 4.51. The van der Waals surface area contributed by atoms with Gasteiger partial charge in [0.1, 0.15) is 6.04 Å². The van der Waals surface area contributed by atoms with Gasteiger partial charge < -0.3 is 26.6 Å². The molecule has 3 aromatic carbocycles. The molecule has 1 fully saturated rings. The molecular weight excluding hydrogens is 488 g/mol. The number of nitriles is 1. The molecule has 0 bridgehead atoms. The van der Waals surface area contributed by atoms with Gasteiger partial charge in [0.25, 0.3) is 0 Å². The van der Waals surface area contributed by atoms with E-state index in [4.69, 9.17) is 11.0 Å². The molecule has 8 nitrogen and oxygen atoms in total. The quantitative estimate of drug-likeness (QED) is 0.229. The number of nitrogens with two attached hydrogens (primary N) is 1. The molecule has 3 aromatic rings. The smallest absolute Gasteiger partial charge is 0.248 e. The maximum Gasteiger partial charge on any atom is 0.248 e. The van der Waals surface area contributed by atoms with E-state index in [1.807, 2.05) is 36.4 Å². The van der Waals surface area contributed by atoms with Crippen LogP contribution in [0.4, 0.5) is 17.1 Å². The Balaban J connectivity index is 1.42. The standard InChI is InChI=1S/C31H34N6O2/c32-22-24-10-15-26(16-11-24)35-31(39)30(34-18-21-37-19-4-1-5-20-37)25-13-8-23(9-14-25)12-17-29(38)36-28-7-3-2-6-27(28)33/h2-3,6-17,30,34H,1,4-5,18-21,33H2,(H,35,39)(H,36,38). The van der Waals surface area contributed by atoms with Crippen molar-refractivity contribution in [3.05, 3.63) is 95.6 Å². The van der Waals surface area contributed by atoms with Crippen LogP contribution in [0.25, 0.3) is 6.08 Å². The molecule has 1 saturated heterocycles. The minimum atomic E-state index is -0.562. The van der Waals surface area contributed by atoms with Crippen LogP contribution < -0.4 is 21.7 Å². The van der Waals surface area contributed by atoms with Gasteiger partial charge in [-0.15, -0.1) is 0 Å². The first-order chi connectivity index (χ1) is 19.0. The van der Waals surface area contributed by atoms with E-state index in [2.05, 4.69) is 26.9 Å². The van der Waals surface area contributed by atoms with Crippen molar-refractivity contribution in [2.24, 2.45) is 0 Å². The highest BCUT2D eigenvalue weighted by atomic mass is 16.2. The number of nitrogens with one attached hydrogen (secondary N) is 3. The lowest BCUT2D eigenvalue weighted by Crippen LogP contribution is -2.40. The van der Waals surface area contributed by atoms with Crippen LogP contribution in [-0.2, 0) is 9.59 Å². The number of likely N-dealkylation sites (tertiary alicyclic amines) is 1. The number of nitrogen functional groups attached to an aromatic ring is 1. The van der Waals surface area contributed by atoms with Crippen LogP contribution in [0.15, 0.2) is 78.9 Å². The molecule has 0 aromatic heterocycles. The fraction of sp³-hybridized carbons (Fsp3) is 0.258. The van der Waals surface area contributed by atoms with Crippen LogP contribution in [-0.4, -0.2) is 42.9 Å². The van der Waals surface area contributed by atoms with Crippen molar-refractivity contribution in [3.8, 4) is 6.07 Å². The number of anilines is 3. The Kier molecular flexibility index (Phi) is 9.84. The maximum atomic E-state index is 13.3. The summed E-state index contributed by atoms with van der Waals surface area (Å²) in [6.07, 6.45) is 6.88. The first kappa shape index (κ1) is 27.6. The molecule has 1 heterocycles. The Morgan fingerprint density at radius 3 is 2.36 bits per heavy atom. The minimum absolute atomic E-state index is 0.179. The van der Waals surface area contributed by atoms with Crippen LogP contribution in [0.3, 0.4) is 0 Å². The second kappa shape index (κ2) is 13.9. The summed E-state index contributed by atoms with van der Waals surface area (Å²) in [5.74, 6) is -0.461. The lowest BCUT2D eigenvalue weighted by atomic mass is 10.0. The summed E-state index contributed by atoms with van der Waals surface area (Å²) in [7, 11) is 0. The van der Waals surface area contributed by atoms with Crippen LogP contribution in [0.1, 0.15) is 42.0 Å². The van der Waals surface area contributed by atoms with Gasteiger partial charge in [0.05, 0.1) is 23.0 Å². The number of rotatable bonds is 10. The number of hydrogen-bond acceptors (Lipinski definition) is 6. The fourth-order valence-corrected chi connectivity index (χ4v) is 4.51. The van der Waals surface area contributed by atoms with Crippen molar-refractivity contribution in [1.82, 2.24) is 10.2 Å². The molecule has 1 aliphatic heterocycles. The van der Waals surface area contributed by atoms with Crippen molar-refractivity contribution < 1.29 is 9.59 Å². The van der Waals surface area contributed by atoms with E-state index in [1.54, 1.807) is 42.5 Å². The number of nitrogens with zero attached hydrogens (tertiary/aromatic N) is 2. The Morgan fingerprint density at radius 1 is 0.949 bits per heavy atom. The van der Waals surface area contributed by atoms with E-state index < -0.39 is 6.04 Å². The summed E-state index contributed by atoms with van der Waals surface area (Å²) in [4.78, 5) is 28.1. The third-order valence-electron chi connectivity index (χ3n) is 6.68. The van der Waals surface area contributed by atoms with E-state index in [9.17, 15) is 9.59 Å². The maximum absolute atomic E-state index is 13.3. The van der Waals surface area contributed by atoms with Crippen LogP contribution in [0, 0.1) is 11.3 Å². The normalized spacial score (nSPS) is 14.4. The van der Waals surface area contributed by atoms with Gasteiger partial charge in [-0.05, 0) is 79.5 Å². The van der Waals surface area contributed by atoms with E-state index in [1.165, 1.54) is 25.3 Å². The summed E-state index contributed by atoms with van der Waals surface area (Å²) in [5.41, 5.74) is 9.77. The SMILES string of the molecule is N#Cc1ccc(NC(=O)C(NCCN2CCCCC2)c2ccc(C=CC(=O)Nc3ccccc3N)cc2)cc1. The highest BCUT2D eigenvalue weighted by Gasteiger charge is 2.21. The monoisotopic (exact) mass is 522 g/mol. The first-order valence-corrected chi connectivity index (χ1v) is 13.2. The van der Waals surface area contributed by atoms with Gasteiger partial charge in [-0.1, -0.05) is 42.8 Å². The zero-order chi connectivity index (χ0) is 27.5. The van der Waals surface area contributed by atoms with Gasteiger partial charge in [-0.3, -0.25) is 9.59 Å². The zero-order valence-electron chi connectivity index (χ0n) is 21.9. The lowest BCUT2D eigenvalue weighted by Gasteiger charge is -2.27. The van der Waals surface area contributed by atoms with Crippen molar-refractivity contribution in [1.29, 1.82) is 5.26 Å². The number of piperidine rings is 1. The van der Waals surface area contributed by atoms with Crippen LogP contribution >= 0.6 is 0 Å². The topological polar surface area (TPSA) is 123 Å². The molecule has 0 radical (unpaired) electrons. The van der Waals surface area contributed by atoms with Gasteiger partial charge in [0.2, 0.25) is 11.8 Å². The van der Waals surface area contributed by atoms with Crippen molar-refractivity contribution in [3.63, 3.8) is 0 Å². The van der Waals surface area contributed by atoms with Gasteiger partial charge in [0, 0.05) is 24.9 Å². The summed E-state index contributed by atoms with van der Waals surface area (Å²) in [6, 6.07) is 23.0. The molecule has 1 atom stereocenters. The largest absolute Gasteiger partial charge is 0.397 e. The number of carbonyl (C=O) groups is 2. The Bertz CT molecular complexity index is 1320. The van der Waals surface area contributed by atoms with Gasteiger partial charge in [0.15, 0.2) is 0 Å². The van der Waals surface area contributed by atoms with Gasteiger partial charge in [-0.25, -0.2) is 0 Å². The highest BCUT2D eigenvalue weighted by Crippen LogP contribution is 2.20. The number of carbonyl (C=O) groups excluding carboxylic acids is 2. The minimum Gasteiger partial charge on any atom is -0.397 e. The van der Waals surface area contributed by atoms with Gasteiger partial charge in [-0.2, -0.15) is 5.26 Å². The molecule has 0 aliphatic carbocycles. The zero-order valence-corrected chi connectivity index (χ0v) is 21.9. The lowest BCUT2D eigenvalue weighted by molar-refractivity contribution is -0.118. The molecule has 2 amide bonds. The van der Waals surface area contributed by atoms with Crippen molar-refractivity contribution in [2.75, 3.05) is 42.5 Å². The van der Waals surface area contributed by atoms with Crippen molar-refractivity contribution >= 4 is 35.0 Å². The molecule has 39 heavy (non-hydrogen) atoms. The molecule has 0 spiro atoms. The van der Waals surface area contributed by atoms with Crippen LogP contribution in [0.2, 0.25) is 0 Å². The number of amides is 2. The molecule has 0 saturated carbocycles. The van der Waals surface area contributed by atoms with Crippen LogP contribution in [0.5, 0.6) is 0 Å². The Labute approximate surface area is 229 Å². The average molecular weight is 523 g/mol. The van der Waals surface area contributed by atoms with E-state index in [0.717, 1.165) is 30.8 Å². The highest BCUT2D eigenvalue weighted by molar-refractivity contribution is 6.03. The third kappa shape index (κ3) is 8.27. The Hall–Kier alpha value is -4.45. The first-order valence-electron chi connectivity index (χ1n) is 13.2. The van der Waals surface area contributed by atoms with E-state index >= 15 is 0 Å². The average Bonchev–Trinajstić information content (AvgIpc) is 2.97. The van der Waals surface area contributed by atoms with E-state index in [-0.39, 0.29) is 11.8 Å². The Morgan fingerprint density at radius 2 is 1.67 bits per heavy atom. The predicted octanol–water partition coefficient (Wildman–Crippen LogP) is 4.55.